The van der Waals surface area contributed by atoms with Crippen molar-refractivity contribution in [3.8, 4) is 34.3 Å². The molecular weight excluding hydrogens is 390 g/mol. The number of aromatic nitrogens is 1. The molecule has 0 radical (unpaired) electrons. The van der Waals surface area contributed by atoms with Crippen molar-refractivity contribution in [2.45, 2.75) is 0 Å². The first-order chi connectivity index (χ1) is 14.1. The van der Waals surface area contributed by atoms with Gasteiger partial charge >= 0.3 is 0 Å². The molecule has 0 saturated carbocycles. The van der Waals surface area contributed by atoms with Crippen LogP contribution in [0.4, 0.5) is 0 Å². The lowest BCUT2D eigenvalue weighted by atomic mass is 10.1. The van der Waals surface area contributed by atoms with E-state index in [2.05, 4.69) is 16.7 Å². The summed E-state index contributed by atoms with van der Waals surface area (Å²) in [7, 11) is 3.19. The monoisotopic (exact) mass is 411 g/mol. The number of para-hydroxylation sites is 1. The van der Waals surface area contributed by atoms with Gasteiger partial charge in [0.25, 0.3) is 0 Å². The lowest BCUT2D eigenvalue weighted by Crippen LogP contribution is -2.12. The SMILES string of the molecule is C=CCN=c1scc(-c2cc(OC)ccc2OC)n1N=Cc1cccc(O)c1O. The number of phenolic OH excluding ortho intramolecular Hbond substituents is 2. The van der Waals surface area contributed by atoms with Gasteiger partial charge in [-0.3, -0.25) is 4.99 Å². The molecule has 0 bridgehead atoms. The predicted molar refractivity (Wildman–Crippen MR) is 114 cm³/mol. The third-order valence-electron chi connectivity index (χ3n) is 4.08. The van der Waals surface area contributed by atoms with Crippen molar-refractivity contribution in [2.24, 2.45) is 10.1 Å². The maximum Gasteiger partial charge on any atom is 0.206 e. The maximum absolute atomic E-state index is 10.1. The van der Waals surface area contributed by atoms with Crippen molar-refractivity contribution in [1.82, 2.24) is 4.68 Å². The Hall–Kier alpha value is -3.52. The Morgan fingerprint density at radius 3 is 2.72 bits per heavy atom. The lowest BCUT2D eigenvalue weighted by Gasteiger charge is -2.11. The van der Waals surface area contributed by atoms with Crippen LogP contribution in [-0.4, -0.2) is 41.9 Å². The van der Waals surface area contributed by atoms with E-state index in [0.717, 1.165) is 11.3 Å². The van der Waals surface area contributed by atoms with E-state index >= 15 is 0 Å². The van der Waals surface area contributed by atoms with E-state index < -0.39 is 0 Å². The molecule has 2 N–H and O–H groups in total. The highest BCUT2D eigenvalue weighted by atomic mass is 32.1. The summed E-state index contributed by atoms with van der Waals surface area (Å²) < 4.78 is 12.5. The molecule has 3 aromatic rings. The number of rotatable bonds is 7. The molecule has 29 heavy (non-hydrogen) atoms. The average molecular weight is 411 g/mol. The van der Waals surface area contributed by atoms with Crippen LogP contribution in [0.1, 0.15) is 5.56 Å². The minimum Gasteiger partial charge on any atom is -0.504 e. The minimum atomic E-state index is -0.239. The van der Waals surface area contributed by atoms with Gasteiger partial charge in [0, 0.05) is 16.5 Å². The highest BCUT2D eigenvalue weighted by molar-refractivity contribution is 7.07. The van der Waals surface area contributed by atoms with E-state index in [9.17, 15) is 10.2 Å². The normalized spacial score (nSPS) is 11.7. The fourth-order valence-electron chi connectivity index (χ4n) is 2.63. The molecule has 0 saturated heterocycles. The third-order valence-corrected chi connectivity index (χ3v) is 4.94. The number of thiazole rings is 1. The second-order valence-corrected chi connectivity index (χ2v) is 6.71. The molecule has 0 unspecified atom stereocenters. The zero-order valence-electron chi connectivity index (χ0n) is 16.1. The molecule has 7 nitrogen and oxygen atoms in total. The van der Waals surface area contributed by atoms with Crippen LogP contribution in [0.15, 0.2) is 64.5 Å². The summed E-state index contributed by atoms with van der Waals surface area (Å²) in [6, 6.07) is 10.2. The molecule has 0 aliphatic heterocycles. The number of ether oxygens (including phenoxy) is 2. The van der Waals surface area contributed by atoms with Gasteiger partial charge in [-0.15, -0.1) is 17.9 Å². The average Bonchev–Trinajstić information content (AvgIpc) is 3.15. The Balaban J connectivity index is 2.18. The van der Waals surface area contributed by atoms with Gasteiger partial charge in [-0.25, -0.2) is 4.68 Å². The van der Waals surface area contributed by atoms with Gasteiger partial charge in [0.05, 0.1) is 32.7 Å². The van der Waals surface area contributed by atoms with Gasteiger partial charge in [0.1, 0.15) is 11.5 Å². The molecule has 0 atom stereocenters. The molecule has 0 aliphatic carbocycles. The van der Waals surface area contributed by atoms with Gasteiger partial charge in [0.15, 0.2) is 11.5 Å². The maximum atomic E-state index is 10.1. The topological polar surface area (TPSA) is 88.6 Å². The van der Waals surface area contributed by atoms with Gasteiger partial charge in [-0.1, -0.05) is 12.1 Å². The molecule has 0 fully saturated rings. The summed E-state index contributed by atoms with van der Waals surface area (Å²) in [5.41, 5.74) is 1.90. The van der Waals surface area contributed by atoms with Gasteiger partial charge in [-0.05, 0) is 30.3 Å². The lowest BCUT2D eigenvalue weighted by molar-refractivity contribution is 0.403. The molecule has 8 heteroatoms. The summed E-state index contributed by atoms with van der Waals surface area (Å²) in [6.07, 6.45) is 3.16. The first-order valence-electron chi connectivity index (χ1n) is 8.68. The molecular formula is C21H21N3O4S. The molecule has 0 spiro atoms. The van der Waals surface area contributed by atoms with Crippen LogP contribution >= 0.6 is 11.3 Å². The highest BCUT2D eigenvalue weighted by Gasteiger charge is 2.14. The second-order valence-electron chi connectivity index (χ2n) is 5.87. The highest BCUT2D eigenvalue weighted by Crippen LogP contribution is 2.34. The number of benzene rings is 2. The van der Waals surface area contributed by atoms with Crippen LogP contribution < -0.4 is 14.3 Å². The molecule has 150 valence electrons. The Kier molecular flexibility index (Phi) is 6.36. The molecule has 3 rings (SSSR count). The van der Waals surface area contributed by atoms with Crippen LogP contribution in [-0.2, 0) is 0 Å². The Bertz CT molecular complexity index is 1120. The van der Waals surface area contributed by atoms with Crippen LogP contribution in [0.2, 0.25) is 0 Å². The first-order valence-corrected chi connectivity index (χ1v) is 9.56. The van der Waals surface area contributed by atoms with Crippen molar-refractivity contribution in [2.75, 3.05) is 20.8 Å². The largest absolute Gasteiger partial charge is 0.504 e. The van der Waals surface area contributed by atoms with Gasteiger partial charge < -0.3 is 19.7 Å². The van der Waals surface area contributed by atoms with Crippen molar-refractivity contribution in [1.29, 1.82) is 0 Å². The van der Waals surface area contributed by atoms with Crippen LogP contribution in [0.5, 0.6) is 23.0 Å². The number of nitrogens with zero attached hydrogens (tertiary/aromatic N) is 3. The fourth-order valence-corrected chi connectivity index (χ4v) is 3.47. The Morgan fingerprint density at radius 1 is 1.17 bits per heavy atom. The zero-order valence-corrected chi connectivity index (χ0v) is 16.9. The summed E-state index contributed by atoms with van der Waals surface area (Å²) in [5.74, 6) is 0.883. The molecule has 2 aromatic carbocycles. The molecule has 1 aromatic heterocycles. The number of aromatic hydroxyl groups is 2. The first kappa shape index (κ1) is 20.2. The summed E-state index contributed by atoms with van der Waals surface area (Å²) in [6.45, 7) is 4.13. The van der Waals surface area contributed by atoms with Crippen molar-refractivity contribution in [3.63, 3.8) is 0 Å². The fraction of sp³-hybridized carbons (Fsp3) is 0.143. The van der Waals surface area contributed by atoms with E-state index in [0.29, 0.717) is 28.4 Å². The standard InChI is InChI=1S/C21H21N3O4S/c1-4-10-22-21-24(23-12-14-6-5-7-18(25)20(14)26)17(13-29-21)16-11-15(27-2)8-9-19(16)28-3/h4-9,11-13,25-26H,1,10H2,2-3H3. The zero-order chi connectivity index (χ0) is 20.8. The molecule has 0 aliphatic rings. The van der Waals surface area contributed by atoms with E-state index in [-0.39, 0.29) is 11.5 Å². The Labute approximate surface area is 172 Å². The third kappa shape index (κ3) is 4.33. The molecule has 1 heterocycles. The van der Waals surface area contributed by atoms with Crippen molar-refractivity contribution >= 4 is 17.6 Å². The van der Waals surface area contributed by atoms with Crippen LogP contribution in [0, 0.1) is 0 Å². The molecule has 0 amide bonds. The van der Waals surface area contributed by atoms with E-state index in [1.165, 1.54) is 23.6 Å². The van der Waals surface area contributed by atoms with Crippen LogP contribution in [0.3, 0.4) is 0 Å². The van der Waals surface area contributed by atoms with Gasteiger partial charge in [0.2, 0.25) is 4.80 Å². The van der Waals surface area contributed by atoms with E-state index in [1.54, 1.807) is 37.1 Å². The quantitative estimate of drug-likeness (QED) is 0.353. The number of methoxy groups -OCH3 is 2. The van der Waals surface area contributed by atoms with Crippen molar-refractivity contribution < 1.29 is 19.7 Å². The minimum absolute atomic E-state index is 0.212. The summed E-state index contributed by atoms with van der Waals surface area (Å²) >= 11 is 1.41. The van der Waals surface area contributed by atoms with E-state index in [4.69, 9.17) is 9.47 Å². The summed E-state index contributed by atoms with van der Waals surface area (Å²) in [5, 5.41) is 26.2. The smallest absolute Gasteiger partial charge is 0.206 e. The number of hydrogen-bond donors (Lipinski definition) is 2. The second kappa shape index (κ2) is 9.11. The van der Waals surface area contributed by atoms with Crippen molar-refractivity contribution in [3.05, 3.63) is 64.8 Å². The van der Waals surface area contributed by atoms with Gasteiger partial charge in [-0.2, -0.15) is 5.10 Å². The summed E-state index contributed by atoms with van der Waals surface area (Å²) in [4.78, 5) is 5.13. The number of hydrogen-bond acceptors (Lipinski definition) is 7. The van der Waals surface area contributed by atoms with Crippen LogP contribution in [0.25, 0.3) is 11.3 Å². The number of phenols is 2. The van der Waals surface area contributed by atoms with E-state index in [1.807, 2.05) is 23.6 Å². The Morgan fingerprint density at radius 2 is 2.00 bits per heavy atom. The predicted octanol–water partition coefficient (Wildman–Crippen LogP) is 3.61.